The predicted octanol–water partition coefficient (Wildman–Crippen LogP) is 1.47. The molecular weight excluding hydrogens is 206 g/mol. The van der Waals surface area contributed by atoms with Crippen molar-refractivity contribution in [3.63, 3.8) is 0 Å². The summed E-state index contributed by atoms with van der Waals surface area (Å²) in [6.07, 6.45) is 5.09. The van der Waals surface area contributed by atoms with Crippen LogP contribution in [0, 0.1) is 5.92 Å². The van der Waals surface area contributed by atoms with E-state index in [2.05, 4.69) is 0 Å². The molecule has 2 unspecified atom stereocenters. The molecule has 16 heavy (non-hydrogen) atoms. The summed E-state index contributed by atoms with van der Waals surface area (Å²) in [7, 11) is 0. The minimum absolute atomic E-state index is 0.0489. The molecule has 1 heterocycles. The van der Waals surface area contributed by atoms with Gasteiger partial charge in [-0.25, -0.2) is 0 Å². The van der Waals surface area contributed by atoms with Crippen LogP contribution < -0.4 is 5.73 Å². The van der Waals surface area contributed by atoms with Crippen molar-refractivity contribution in [2.75, 3.05) is 19.8 Å². The van der Waals surface area contributed by atoms with Crippen molar-refractivity contribution in [3.8, 4) is 0 Å². The normalized spacial score (nSPS) is 22.8. The number of rotatable bonds is 6. The number of carbonyl (C=O) groups is 1. The number of carbonyl (C=O) groups excluding carboxylic acids is 1. The Labute approximate surface area is 97.5 Å². The van der Waals surface area contributed by atoms with Gasteiger partial charge in [0.25, 0.3) is 0 Å². The van der Waals surface area contributed by atoms with Crippen molar-refractivity contribution in [1.82, 2.24) is 0 Å². The maximum atomic E-state index is 11.6. The summed E-state index contributed by atoms with van der Waals surface area (Å²) >= 11 is 0. The molecule has 0 aromatic rings. The second-order valence-electron chi connectivity index (χ2n) is 4.45. The van der Waals surface area contributed by atoms with Crippen molar-refractivity contribution < 1.29 is 14.3 Å². The highest BCUT2D eigenvalue weighted by molar-refractivity contribution is 5.71. The van der Waals surface area contributed by atoms with Crippen molar-refractivity contribution >= 4 is 5.97 Å². The van der Waals surface area contributed by atoms with Crippen LogP contribution in [0.2, 0.25) is 0 Å². The minimum Gasteiger partial charge on any atom is -0.463 e. The fourth-order valence-corrected chi connectivity index (χ4v) is 1.80. The van der Waals surface area contributed by atoms with Crippen LogP contribution in [0.15, 0.2) is 0 Å². The van der Waals surface area contributed by atoms with Gasteiger partial charge in [-0.15, -0.1) is 0 Å². The van der Waals surface area contributed by atoms with Crippen LogP contribution in [0.1, 0.15) is 39.0 Å². The first-order valence-electron chi connectivity index (χ1n) is 6.22. The molecule has 0 radical (unpaired) electrons. The van der Waals surface area contributed by atoms with Crippen LogP contribution >= 0.6 is 0 Å². The smallest absolute Gasteiger partial charge is 0.308 e. The molecule has 1 fully saturated rings. The zero-order valence-corrected chi connectivity index (χ0v) is 10.1. The third-order valence-electron chi connectivity index (χ3n) is 2.93. The molecule has 0 bridgehead atoms. The molecule has 0 saturated carbocycles. The number of hydrogen-bond donors (Lipinski definition) is 1. The van der Waals surface area contributed by atoms with Crippen LogP contribution in [0.3, 0.4) is 0 Å². The molecule has 94 valence electrons. The molecule has 1 aliphatic rings. The Morgan fingerprint density at radius 1 is 1.56 bits per heavy atom. The van der Waals surface area contributed by atoms with E-state index in [-0.39, 0.29) is 18.0 Å². The van der Waals surface area contributed by atoms with E-state index < -0.39 is 0 Å². The van der Waals surface area contributed by atoms with E-state index in [1.165, 1.54) is 6.42 Å². The van der Waals surface area contributed by atoms with Crippen molar-refractivity contribution in [3.05, 3.63) is 0 Å². The molecule has 4 nitrogen and oxygen atoms in total. The average molecular weight is 229 g/mol. The first kappa shape index (κ1) is 13.5. The van der Waals surface area contributed by atoms with E-state index in [1.807, 2.05) is 6.92 Å². The lowest BCUT2D eigenvalue weighted by molar-refractivity contribution is -0.153. The second-order valence-corrected chi connectivity index (χ2v) is 4.45. The molecule has 1 rings (SSSR count). The molecule has 0 aromatic carbocycles. The maximum Gasteiger partial charge on any atom is 0.308 e. The number of esters is 1. The van der Waals surface area contributed by atoms with Gasteiger partial charge in [0.05, 0.1) is 12.0 Å². The molecule has 1 aliphatic heterocycles. The van der Waals surface area contributed by atoms with Gasteiger partial charge >= 0.3 is 5.97 Å². The quantitative estimate of drug-likeness (QED) is 0.701. The molecule has 1 saturated heterocycles. The van der Waals surface area contributed by atoms with Crippen LogP contribution in [-0.2, 0) is 14.3 Å². The molecule has 0 amide bonds. The van der Waals surface area contributed by atoms with Crippen LogP contribution in [0.25, 0.3) is 0 Å². The topological polar surface area (TPSA) is 61.6 Å². The standard InChI is InChI=1S/C12H23NO3/c1-10(5-4-7-13)12(14)16-9-11-6-2-3-8-15-11/h10-11H,2-9,13H2,1H3. The summed E-state index contributed by atoms with van der Waals surface area (Å²) < 4.78 is 10.7. The van der Waals surface area contributed by atoms with Gasteiger partial charge in [0.1, 0.15) is 6.61 Å². The lowest BCUT2D eigenvalue weighted by Crippen LogP contribution is -2.27. The Kier molecular flexibility index (Phi) is 6.42. The fourth-order valence-electron chi connectivity index (χ4n) is 1.80. The molecule has 2 N–H and O–H groups in total. The Morgan fingerprint density at radius 2 is 2.38 bits per heavy atom. The highest BCUT2D eigenvalue weighted by Crippen LogP contribution is 2.14. The van der Waals surface area contributed by atoms with Gasteiger partial charge in [-0.05, 0) is 38.6 Å². The van der Waals surface area contributed by atoms with Crippen molar-refractivity contribution in [2.24, 2.45) is 11.7 Å². The van der Waals surface area contributed by atoms with Gasteiger partial charge in [-0.1, -0.05) is 6.92 Å². The fraction of sp³-hybridized carbons (Fsp3) is 0.917. The van der Waals surface area contributed by atoms with E-state index >= 15 is 0 Å². The zero-order valence-electron chi connectivity index (χ0n) is 10.1. The van der Waals surface area contributed by atoms with E-state index in [0.29, 0.717) is 13.2 Å². The van der Waals surface area contributed by atoms with Gasteiger partial charge in [0.2, 0.25) is 0 Å². The third-order valence-corrected chi connectivity index (χ3v) is 2.93. The van der Waals surface area contributed by atoms with E-state index in [0.717, 1.165) is 32.3 Å². The average Bonchev–Trinajstić information content (AvgIpc) is 2.34. The van der Waals surface area contributed by atoms with Crippen LogP contribution in [0.5, 0.6) is 0 Å². The highest BCUT2D eigenvalue weighted by atomic mass is 16.6. The van der Waals surface area contributed by atoms with E-state index in [1.54, 1.807) is 0 Å². The van der Waals surface area contributed by atoms with Gasteiger partial charge < -0.3 is 15.2 Å². The van der Waals surface area contributed by atoms with E-state index in [4.69, 9.17) is 15.2 Å². The number of ether oxygens (including phenoxy) is 2. The summed E-state index contributed by atoms with van der Waals surface area (Å²) in [5.41, 5.74) is 5.40. The Hall–Kier alpha value is -0.610. The molecule has 0 spiro atoms. The molecule has 4 heteroatoms. The van der Waals surface area contributed by atoms with E-state index in [9.17, 15) is 4.79 Å². The van der Waals surface area contributed by atoms with Gasteiger partial charge in [0.15, 0.2) is 0 Å². The molecule has 0 aromatic heterocycles. The first-order chi connectivity index (χ1) is 7.74. The summed E-state index contributed by atoms with van der Waals surface area (Å²) in [4.78, 5) is 11.6. The largest absolute Gasteiger partial charge is 0.463 e. The highest BCUT2D eigenvalue weighted by Gasteiger charge is 2.18. The summed E-state index contributed by atoms with van der Waals surface area (Å²) in [5.74, 6) is -0.172. The Morgan fingerprint density at radius 3 is 3.00 bits per heavy atom. The minimum atomic E-state index is -0.123. The predicted molar refractivity (Wildman–Crippen MR) is 62.0 cm³/mol. The lowest BCUT2D eigenvalue weighted by atomic mass is 10.1. The second kappa shape index (κ2) is 7.63. The lowest BCUT2D eigenvalue weighted by Gasteiger charge is -2.22. The van der Waals surface area contributed by atoms with Gasteiger partial charge in [0, 0.05) is 6.61 Å². The first-order valence-corrected chi connectivity index (χ1v) is 6.22. The van der Waals surface area contributed by atoms with Gasteiger partial charge in [-0.3, -0.25) is 4.79 Å². The number of nitrogens with two attached hydrogens (primary N) is 1. The van der Waals surface area contributed by atoms with Crippen molar-refractivity contribution in [2.45, 2.75) is 45.1 Å². The summed E-state index contributed by atoms with van der Waals surface area (Å²) in [6, 6.07) is 0. The third kappa shape index (κ3) is 4.94. The maximum absolute atomic E-state index is 11.6. The van der Waals surface area contributed by atoms with Crippen LogP contribution in [0.4, 0.5) is 0 Å². The molecule has 0 aliphatic carbocycles. The monoisotopic (exact) mass is 229 g/mol. The van der Waals surface area contributed by atoms with Crippen molar-refractivity contribution in [1.29, 1.82) is 0 Å². The SMILES string of the molecule is CC(CCCN)C(=O)OCC1CCCCO1. The van der Waals surface area contributed by atoms with Crippen LogP contribution in [-0.4, -0.2) is 31.8 Å². The molecule has 2 atom stereocenters. The summed E-state index contributed by atoms with van der Waals surface area (Å²) in [5, 5.41) is 0. The molecular formula is C12H23NO3. The number of hydrogen-bond acceptors (Lipinski definition) is 4. The van der Waals surface area contributed by atoms with Gasteiger partial charge in [-0.2, -0.15) is 0 Å². The Balaban J connectivity index is 2.12. The zero-order chi connectivity index (χ0) is 11.8. The Bertz CT molecular complexity index is 202. The summed E-state index contributed by atoms with van der Waals surface area (Å²) in [6.45, 7) is 3.72.